The molecule has 2 heterocycles. The van der Waals surface area contributed by atoms with Gasteiger partial charge in [-0.25, -0.2) is 13.6 Å². The average molecular weight is 656 g/mol. The predicted octanol–water partition coefficient (Wildman–Crippen LogP) is 6.28. The Hall–Kier alpha value is -5.78. The molecule has 6 rings (SSSR count). The summed E-state index contributed by atoms with van der Waals surface area (Å²) >= 11 is 0. The molecule has 48 heavy (non-hydrogen) atoms. The molecule has 246 valence electrons. The number of carbonyl (C=O) groups is 4. The normalized spacial score (nSPS) is 15.5. The van der Waals surface area contributed by atoms with Gasteiger partial charge in [0.15, 0.2) is 11.6 Å². The van der Waals surface area contributed by atoms with Crippen LogP contribution in [0.5, 0.6) is 17.2 Å². The summed E-state index contributed by atoms with van der Waals surface area (Å²) in [4.78, 5) is 52.2. The van der Waals surface area contributed by atoms with Crippen LogP contribution in [0.15, 0.2) is 84.9 Å². The monoisotopic (exact) mass is 655 g/mol. The lowest BCUT2D eigenvalue weighted by Crippen LogP contribution is -2.52. The molecule has 2 aliphatic rings. The van der Waals surface area contributed by atoms with Crippen molar-refractivity contribution in [2.75, 3.05) is 11.9 Å². The quantitative estimate of drug-likeness (QED) is 0.144. The van der Waals surface area contributed by atoms with Gasteiger partial charge in [0.1, 0.15) is 29.9 Å². The fraction of sp³-hybridized carbons (Fsp3) is 0.222. The first-order valence-electron chi connectivity index (χ1n) is 15.4. The molecule has 0 radical (unpaired) electrons. The summed E-state index contributed by atoms with van der Waals surface area (Å²) in [6.07, 6.45) is 1.01. The smallest absolute Gasteiger partial charge is 0.411 e. The second-order valence-corrected chi connectivity index (χ2v) is 11.3. The number of piperidine rings is 1. The first-order valence-corrected chi connectivity index (χ1v) is 15.4. The number of rotatable bonds is 11. The molecular formula is C36H31F2N3O7. The number of carbonyl (C=O) groups excluding carboxylic acids is 4. The van der Waals surface area contributed by atoms with Crippen molar-refractivity contribution in [3.05, 3.63) is 119 Å². The number of imide groups is 1. The zero-order valence-electron chi connectivity index (χ0n) is 25.7. The Balaban J connectivity index is 1.12. The van der Waals surface area contributed by atoms with Crippen LogP contribution in [0.1, 0.15) is 46.3 Å². The minimum Gasteiger partial charge on any atom is -0.492 e. The molecule has 4 aromatic carbocycles. The number of benzene rings is 4. The number of ether oxygens (including phenoxy) is 3. The van der Waals surface area contributed by atoms with Crippen molar-refractivity contribution in [2.45, 2.75) is 44.9 Å². The number of nitrogens with zero attached hydrogens (tertiary/aromatic N) is 1. The summed E-state index contributed by atoms with van der Waals surface area (Å²) in [6.45, 7) is 0.254. The minimum absolute atomic E-state index is 0.111. The molecule has 0 aliphatic carbocycles. The highest BCUT2D eigenvalue weighted by atomic mass is 19.2. The van der Waals surface area contributed by atoms with Gasteiger partial charge in [-0.05, 0) is 66.8 Å². The third-order valence-corrected chi connectivity index (χ3v) is 8.01. The van der Waals surface area contributed by atoms with E-state index < -0.39 is 35.6 Å². The molecule has 10 nitrogen and oxygen atoms in total. The number of anilines is 1. The Kier molecular flexibility index (Phi) is 9.60. The number of nitrogens with one attached hydrogen (secondary N) is 2. The van der Waals surface area contributed by atoms with Crippen LogP contribution in [0.3, 0.4) is 0 Å². The molecule has 2 aliphatic heterocycles. The first-order chi connectivity index (χ1) is 23.2. The summed E-state index contributed by atoms with van der Waals surface area (Å²) in [7, 11) is 0. The summed E-state index contributed by atoms with van der Waals surface area (Å²) < 4.78 is 43.9. The summed E-state index contributed by atoms with van der Waals surface area (Å²) in [5, 5.41) is 4.92. The number of aryl methyl sites for hydroxylation is 1. The highest BCUT2D eigenvalue weighted by Gasteiger charge is 2.41. The van der Waals surface area contributed by atoms with E-state index in [9.17, 15) is 28.0 Å². The number of amides is 4. The van der Waals surface area contributed by atoms with E-state index in [1.54, 1.807) is 36.4 Å². The van der Waals surface area contributed by atoms with Crippen molar-refractivity contribution >= 4 is 29.5 Å². The third kappa shape index (κ3) is 7.43. The molecule has 1 saturated heterocycles. The van der Waals surface area contributed by atoms with E-state index in [2.05, 4.69) is 10.6 Å². The molecule has 4 amide bonds. The van der Waals surface area contributed by atoms with Gasteiger partial charge in [0.05, 0.1) is 12.2 Å². The van der Waals surface area contributed by atoms with Crippen molar-refractivity contribution < 1.29 is 42.2 Å². The van der Waals surface area contributed by atoms with E-state index in [1.807, 2.05) is 30.3 Å². The second kappa shape index (κ2) is 14.3. The van der Waals surface area contributed by atoms with E-state index in [1.165, 1.54) is 11.0 Å². The van der Waals surface area contributed by atoms with Gasteiger partial charge in [0, 0.05) is 30.3 Å². The number of halogens is 2. The maximum atomic E-state index is 13.7. The van der Waals surface area contributed by atoms with Crippen LogP contribution in [0.2, 0.25) is 0 Å². The van der Waals surface area contributed by atoms with Crippen LogP contribution in [0, 0.1) is 11.6 Å². The number of hydrogen-bond donors (Lipinski definition) is 2. The number of hydrogen-bond acceptors (Lipinski definition) is 7. The summed E-state index contributed by atoms with van der Waals surface area (Å²) in [5.41, 5.74) is 2.97. The minimum atomic E-state index is -1.03. The Morgan fingerprint density at radius 1 is 0.917 bits per heavy atom. The largest absolute Gasteiger partial charge is 0.492 e. The van der Waals surface area contributed by atoms with Crippen LogP contribution in [-0.4, -0.2) is 41.4 Å². The van der Waals surface area contributed by atoms with Crippen molar-refractivity contribution in [3.63, 3.8) is 0 Å². The summed E-state index contributed by atoms with van der Waals surface area (Å²) in [6, 6.07) is 22.0. The summed E-state index contributed by atoms with van der Waals surface area (Å²) in [5.74, 6) is -2.56. The maximum Gasteiger partial charge on any atom is 0.411 e. The van der Waals surface area contributed by atoms with Crippen LogP contribution in [-0.2, 0) is 33.9 Å². The Labute approximate surface area is 274 Å². The van der Waals surface area contributed by atoms with Gasteiger partial charge in [0.2, 0.25) is 11.8 Å². The number of fused-ring (bicyclic) bond motifs is 1. The van der Waals surface area contributed by atoms with Gasteiger partial charge in [-0.3, -0.25) is 25.0 Å². The maximum absolute atomic E-state index is 13.7. The van der Waals surface area contributed by atoms with E-state index in [0.29, 0.717) is 34.5 Å². The van der Waals surface area contributed by atoms with Crippen molar-refractivity contribution in [1.82, 2.24) is 10.2 Å². The molecule has 1 fully saturated rings. The molecule has 12 heteroatoms. The van der Waals surface area contributed by atoms with E-state index in [4.69, 9.17) is 14.2 Å². The SMILES string of the molecule is O=C1CCC(N2Cc3ccc(COC(=O)Nc4ccc(Oc5ccc(F)c(F)c5)cc4)c(OCCCc4ccccc4)c3C2=O)C(=O)N1. The van der Waals surface area contributed by atoms with Crippen molar-refractivity contribution in [2.24, 2.45) is 0 Å². The second-order valence-electron chi connectivity index (χ2n) is 11.3. The molecule has 0 spiro atoms. The van der Waals surface area contributed by atoms with Gasteiger partial charge >= 0.3 is 6.09 Å². The molecule has 0 bridgehead atoms. The lowest BCUT2D eigenvalue weighted by atomic mass is 10.0. The van der Waals surface area contributed by atoms with E-state index >= 15 is 0 Å². The van der Waals surface area contributed by atoms with E-state index in [-0.39, 0.29) is 50.0 Å². The Bertz CT molecular complexity index is 1850. The van der Waals surface area contributed by atoms with Crippen molar-refractivity contribution in [3.8, 4) is 17.2 Å². The molecular weight excluding hydrogens is 624 g/mol. The highest BCUT2D eigenvalue weighted by Crippen LogP contribution is 2.37. The van der Waals surface area contributed by atoms with Gasteiger partial charge in [-0.1, -0.05) is 42.5 Å². The van der Waals surface area contributed by atoms with Gasteiger partial charge < -0.3 is 19.1 Å². The van der Waals surface area contributed by atoms with Crippen molar-refractivity contribution in [1.29, 1.82) is 0 Å². The zero-order chi connectivity index (χ0) is 33.6. The van der Waals surface area contributed by atoms with Crippen LogP contribution in [0.4, 0.5) is 19.3 Å². The Morgan fingerprint density at radius 2 is 1.69 bits per heavy atom. The molecule has 2 N–H and O–H groups in total. The lowest BCUT2D eigenvalue weighted by molar-refractivity contribution is -0.136. The predicted molar refractivity (Wildman–Crippen MR) is 169 cm³/mol. The van der Waals surface area contributed by atoms with E-state index in [0.717, 1.165) is 24.1 Å². The highest BCUT2D eigenvalue weighted by molar-refractivity contribution is 6.06. The van der Waals surface area contributed by atoms with Crippen LogP contribution < -0.4 is 20.1 Å². The average Bonchev–Trinajstić information content (AvgIpc) is 3.41. The molecule has 4 aromatic rings. The fourth-order valence-electron chi connectivity index (χ4n) is 5.62. The van der Waals surface area contributed by atoms with Gasteiger partial charge in [-0.2, -0.15) is 0 Å². The van der Waals surface area contributed by atoms with Gasteiger partial charge in [-0.15, -0.1) is 0 Å². The lowest BCUT2D eigenvalue weighted by Gasteiger charge is -2.29. The third-order valence-electron chi connectivity index (χ3n) is 8.01. The molecule has 1 atom stereocenters. The van der Waals surface area contributed by atoms with Crippen LogP contribution >= 0.6 is 0 Å². The first kappa shape index (κ1) is 32.2. The zero-order valence-corrected chi connectivity index (χ0v) is 25.7. The van der Waals surface area contributed by atoms with Crippen LogP contribution in [0.25, 0.3) is 0 Å². The van der Waals surface area contributed by atoms with Gasteiger partial charge in [0.25, 0.3) is 5.91 Å². The standard InChI is InChI=1S/C36H31F2N3O7/c37-28-15-14-27(19-29(28)38)48-26-12-10-25(11-13-26)39-36(45)47-21-24-9-8-23-20-41(30-16-17-31(42)40-34(30)43)35(44)32(23)33(24)46-18-4-7-22-5-2-1-3-6-22/h1-3,5-6,8-15,19,30H,4,7,16-18,20-21H2,(H,39,45)(H,40,42,43). The molecule has 0 aromatic heterocycles. The fourth-order valence-corrected chi connectivity index (χ4v) is 5.62. The topological polar surface area (TPSA) is 123 Å². The molecule has 0 saturated carbocycles. The Morgan fingerprint density at radius 3 is 2.44 bits per heavy atom. The molecule has 1 unspecified atom stereocenters.